The van der Waals surface area contributed by atoms with Gasteiger partial charge in [-0.05, 0) is 68.9 Å². The second-order valence-corrected chi connectivity index (χ2v) is 19.6. The lowest BCUT2D eigenvalue weighted by Crippen LogP contribution is -2.67. The number of ketones is 1. The minimum Gasteiger partial charge on any atom is -0.464 e. The molecule has 11 nitrogen and oxygen atoms in total. The van der Waals surface area contributed by atoms with Gasteiger partial charge in [0.1, 0.15) is 18.2 Å². The molecular formula is C42H47N5O6S3. The highest BCUT2D eigenvalue weighted by Gasteiger charge is 2.79. The van der Waals surface area contributed by atoms with Gasteiger partial charge in [0.25, 0.3) is 0 Å². The number of benzene rings is 1. The lowest BCUT2D eigenvalue weighted by Gasteiger charge is -2.51. The van der Waals surface area contributed by atoms with E-state index in [2.05, 4.69) is 55.0 Å². The van der Waals surface area contributed by atoms with Gasteiger partial charge >= 0.3 is 5.97 Å². The van der Waals surface area contributed by atoms with Crippen LogP contribution >= 0.6 is 35.9 Å². The van der Waals surface area contributed by atoms with Gasteiger partial charge in [0.15, 0.2) is 5.78 Å². The molecule has 14 heteroatoms. The first-order valence-electron chi connectivity index (χ1n) is 20.0. The Labute approximate surface area is 340 Å². The largest absolute Gasteiger partial charge is 0.464 e. The Morgan fingerprint density at radius 1 is 1.14 bits per heavy atom. The summed E-state index contributed by atoms with van der Waals surface area (Å²) in [5.74, 6) is -1.29. The molecule has 4 unspecified atom stereocenters. The predicted molar refractivity (Wildman–Crippen MR) is 218 cm³/mol. The maximum absolute atomic E-state index is 15.2. The molecule has 1 amide bonds. The van der Waals surface area contributed by atoms with Crippen molar-refractivity contribution in [1.29, 1.82) is 0 Å². The number of carbonyl (C=O) groups is 3. The Morgan fingerprint density at radius 2 is 2.00 bits per heavy atom. The van der Waals surface area contributed by atoms with Gasteiger partial charge in [-0.25, -0.2) is 4.98 Å². The highest BCUT2D eigenvalue weighted by atomic mass is 32.2. The van der Waals surface area contributed by atoms with Crippen LogP contribution in [0.5, 0.6) is 0 Å². The van der Waals surface area contributed by atoms with E-state index in [-0.39, 0.29) is 34.7 Å². The number of thiazole rings is 1. The summed E-state index contributed by atoms with van der Waals surface area (Å²) in [7, 11) is 1.73. The zero-order valence-electron chi connectivity index (χ0n) is 32.1. The Hall–Kier alpha value is -3.27. The zero-order valence-corrected chi connectivity index (χ0v) is 34.6. The van der Waals surface area contributed by atoms with Crippen molar-refractivity contribution < 1.29 is 28.6 Å². The fourth-order valence-corrected chi connectivity index (χ4v) is 13.7. The fourth-order valence-electron chi connectivity index (χ4n) is 10.6. The maximum Gasteiger partial charge on any atom is 0.326 e. The first-order chi connectivity index (χ1) is 27.1. The van der Waals surface area contributed by atoms with Crippen LogP contribution in [-0.4, -0.2) is 91.1 Å². The van der Waals surface area contributed by atoms with E-state index in [0.29, 0.717) is 38.8 Å². The van der Waals surface area contributed by atoms with Gasteiger partial charge in [0, 0.05) is 94.6 Å². The molecule has 4 aliphatic heterocycles. The van der Waals surface area contributed by atoms with E-state index in [1.165, 1.54) is 4.41 Å². The molecule has 0 radical (unpaired) electrons. The van der Waals surface area contributed by atoms with Crippen LogP contribution in [0.15, 0.2) is 41.9 Å². The van der Waals surface area contributed by atoms with E-state index in [9.17, 15) is 9.59 Å². The molecule has 1 aromatic carbocycles. The standard InChI is InChI=1S/C42H47N5O6S3/c1-5-45-26-14-13-22-18-24(26)30-31(36(51-4)33-23(34(30)45)10-8-15-43-33)41(2,3)21-53-39(49)27-11-9-16-46(47(27)54)40(50)42(19-29-44-25(22)20-55-29)32(37-38(42)56-37)35(48)28-12-6-7-17-52-28/h8,10,13-15,18,20,27-28,31-32,36-38,54H,5-7,9,11-12,16-17,19,21H2,1-4H3/t27-,28-,31?,32?,36-,37?,38?,42+/m0/s1. The summed E-state index contributed by atoms with van der Waals surface area (Å²) in [6.07, 6.45) is 4.89. The third-order valence-electron chi connectivity index (χ3n) is 13.4. The molecule has 6 bridgehead atoms. The third kappa shape index (κ3) is 5.38. The average molecular weight is 814 g/mol. The highest BCUT2D eigenvalue weighted by Crippen LogP contribution is 2.73. The number of hydrazine groups is 1. The van der Waals surface area contributed by atoms with Gasteiger partial charge in [0.05, 0.1) is 34.1 Å². The van der Waals surface area contributed by atoms with Crippen molar-refractivity contribution in [3.8, 4) is 22.5 Å². The molecule has 10 rings (SSSR count). The number of aryl methyl sites for hydroxylation is 1. The number of aromatic nitrogens is 3. The van der Waals surface area contributed by atoms with E-state index < -0.39 is 41.0 Å². The molecular weight excluding hydrogens is 767 g/mol. The van der Waals surface area contributed by atoms with E-state index in [1.807, 2.05) is 12.3 Å². The second kappa shape index (κ2) is 13.7. The van der Waals surface area contributed by atoms with Crippen LogP contribution in [0.2, 0.25) is 0 Å². The monoisotopic (exact) mass is 813 g/mol. The first-order valence-corrected chi connectivity index (χ1v) is 22.2. The Morgan fingerprint density at radius 3 is 2.79 bits per heavy atom. The number of thiol groups is 1. The molecule has 1 spiro atoms. The predicted octanol–water partition coefficient (Wildman–Crippen LogP) is 7.05. The van der Waals surface area contributed by atoms with Crippen LogP contribution in [0.4, 0.5) is 0 Å². The van der Waals surface area contributed by atoms with Gasteiger partial charge in [-0.3, -0.25) is 24.4 Å². The number of fused-ring (bicyclic) bond motifs is 10. The summed E-state index contributed by atoms with van der Waals surface area (Å²) in [6, 6.07) is 9.88. The molecule has 294 valence electrons. The van der Waals surface area contributed by atoms with Gasteiger partial charge < -0.3 is 18.8 Å². The molecule has 3 saturated heterocycles. The maximum atomic E-state index is 15.2. The Kier molecular flexibility index (Phi) is 9.03. The summed E-state index contributed by atoms with van der Waals surface area (Å²) in [5, 5.41) is 5.67. The SMILES string of the molecule is CCn1c2c3c4cc(ccc41)-c1csc(n1)C[C@]1(C(=O)N4CCC[C@@H](C(=O)OCC(C)(C)C3[C@H](OC)c3ncccc3-2)N4S)C2SC2C1C(=O)[C@@H]1CCCCO1. The number of esters is 1. The van der Waals surface area contributed by atoms with E-state index in [0.717, 1.165) is 69.1 Å². The topological polar surface area (TPSA) is 116 Å². The quantitative estimate of drug-likeness (QED) is 0.131. The van der Waals surface area contributed by atoms with Crippen molar-refractivity contribution in [2.45, 2.75) is 101 Å². The number of thioether (sulfide) groups is 1. The fraction of sp³-hybridized carbons (Fsp3) is 0.548. The number of hydrogen-bond acceptors (Lipinski definition) is 12. The van der Waals surface area contributed by atoms with Gasteiger partial charge in [-0.1, -0.05) is 32.7 Å². The zero-order chi connectivity index (χ0) is 38.7. The summed E-state index contributed by atoms with van der Waals surface area (Å²) < 4.78 is 22.6. The molecule has 4 aromatic rings. The smallest absolute Gasteiger partial charge is 0.326 e. The van der Waals surface area contributed by atoms with Gasteiger partial charge in [-0.2, -0.15) is 16.2 Å². The second-order valence-electron chi connectivity index (χ2n) is 16.9. The number of carbonyl (C=O) groups excluding carboxylic acids is 3. The van der Waals surface area contributed by atoms with E-state index in [4.69, 9.17) is 37.0 Å². The van der Waals surface area contributed by atoms with Crippen molar-refractivity contribution in [2.24, 2.45) is 16.7 Å². The molecule has 56 heavy (non-hydrogen) atoms. The highest BCUT2D eigenvalue weighted by molar-refractivity contribution is 8.08. The van der Waals surface area contributed by atoms with E-state index in [1.54, 1.807) is 35.2 Å². The molecule has 7 heterocycles. The van der Waals surface area contributed by atoms with Crippen LogP contribution in [0.25, 0.3) is 33.4 Å². The number of ether oxygens (including phenoxy) is 3. The number of nitrogens with zero attached hydrogens (tertiary/aromatic N) is 5. The van der Waals surface area contributed by atoms with Crippen molar-refractivity contribution >= 4 is 64.5 Å². The van der Waals surface area contributed by atoms with Crippen molar-refractivity contribution in [3.63, 3.8) is 0 Å². The number of Topliss-reactive ketones (excluding diaryl/α,β-unsaturated/α-hetero) is 1. The summed E-state index contributed by atoms with van der Waals surface area (Å²) in [6.45, 7) is 8.24. The molecule has 4 fully saturated rings. The molecule has 2 aliphatic carbocycles. The molecule has 8 atom stereocenters. The number of rotatable bonds is 4. The summed E-state index contributed by atoms with van der Waals surface area (Å²) >= 11 is 8.13. The number of cyclic esters (lactones) is 1. The molecule has 0 N–H and O–H groups in total. The number of amides is 1. The number of pyridine rings is 1. The van der Waals surface area contributed by atoms with Gasteiger partial charge in [0.2, 0.25) is 5.91 Å². The van der Waals surface area contributed by atoms with Crippen molar-refractivity contribution in [2.75, 3.05) is 26.9 Å². The van der Waals surface area contributed by atoms with E-state index >= 15 is 4.79 Å². The van der Waals surface area contributed by atoms with Crippen molar-refractivity contribution in [3.05, 3.63) is 58.2 Å². The van der Waals surface area contributed by atoms with Crippen molar-refractivity contribution in [1.82, 2.24) is 24.0 Å². The molecule has 6 aliphatic rings. The molecule has 3 aromatic heterocycles. The third-order valence-corrected chi connectivity index (χ3v) is 16.3. The average Bonchev–Trinajstić information content (AvgIpc) is 3.59. The van der Waals surface area contributed by atoms with Crippen LogP contribution in [0, 0.1) is 16.7 Å². The number of hydrogen-bond donors (Lipinski definition) is 1. The lowest BCUT2D eigenvalue weighted by atomic mass is 9.55. The Bertz CT molecular complexity index is 2270. The number of methoxy groups -OCH3 is 1. The minimum absolute atomic E-state index is 0.0138. The first kappa shape index (κ1) is 37.0. The lowest BCUT2D eigenvalue weighted by molar-refractivity contribution is -0.177. The summed E-state index contributed by atoms with van der Waals surface area (Å²) in [4.78, 5) is 54.0. The van der Waals surface area contributed by atoms with Crippen LogP contribution in [-0.2, 0) is 41.6 Å². The van der Waals surface area contributed by atoms with Crippen LogP contribution in [0.3, 0.4) is 0 Å². The van der Waals surface area contributed by atoms with Crippen LogP contribution in [0.1, 0.15) is 81.2 Å². The van der Waals surface area contributed by atoms with Gasteiger partial charge in [-0.15, -0.1) is 11.3 Å². The molecule has 1 saturated carbocycles. The summed E-state index contributed by atoms with van der Waals surface area (Å²) in [5.41, 5.74) is 5.45. The van der Waals surface area contributed by atoms with Crippen LogP contribution < -0.4 is 0 Å². The minimum atomic E-state index is -1.02. The Balaban J connectivity index is 1.14. The normalized spacial score (nSPS) is 32.3.